The van der Waals surface area contributed by atoms with E-state index in [0.717, 1.165) is 19.4 Å². The monoisotopic (exact) mass is 194 g/mol. The molecule has 1 saturated heterocycles. The topological polar surface area (TPSA) is 15.3 Å². The van der Waals surface area contributed by atoms with Crippen molar-refractivity contribution in [3.05, 3.63) is 0 Å². The molecule has 1 fully saturated rings. The number of likely N-dealkylation sites (tertiary alicyclic amines) is 1. The molecule has 1 N–H and O–H groups in total. The molecule has 0 amide bonds. The predicted octanol–water partition coefficient (Wildman–Crippen LogP) is 1.47. The van der Waals surface area contributed by atoms with Gasteiger partial charge in [-0.05, 0) is 26.8 Å². The molecule has 0 spiro atoms. The second kappa shape index (κ2) is 5.38. The molecule has 80 valence electrons. The molecule has 0 saturated carbocycles. The standard InChI is InChI=1S/C12H22N2/c1-5-7-11(6-2)13-12-8-10(3)14(4)9-12/h1,10-13H,6-9H2,2-4H3. The van der Waals surface area contributed by atoms with Crippen LogP contribution < -0.4 is 5.32 Å². The fraction of sp³-hybridized carbons (Fsp3) is 0.833. The number of nitrogens with zero attached hydrogens (tertiary/aromatic N) is 1. The van der Waals surface area contributed by atoms with Crippen LogP contribution in [0.1, 0.15) is 33.1 Å². The van der Waals surface area contributed by atoms with Crippen LogP contribution in [-0.2, 0) is 0 Å². The van der Waals surface area contributed by atoms with Crippen LogP contribution in [0, 0.1) is 12.3 Å². The summed E-state index contributed by atoms with van der Waals surface area (Å²) in [5, 5.41) is 3.64. The molecule has 2 heteroatoms. The summed E-state index contributed by atoms with van der Waals surface area (Å²) >= 11 is 0. The molecule has 1 aliphatic heterocycles. The molecule has 1 aliphatic rings. The van der Waals surface area contributed by atoms with Crippen molar-refractivity contribution in [2.75, 3.05) is 13.6 Å². The van der Waals surface area contributed by atoms with E-state index in [2.05, 4.69) is 37.0 Å². The Bertz CT molecular complexity index is 197. The van der Waals surface area contributed by atoms with Gasteiger partial charge in [0.05, 0.1) is 0 Å². The number of likely N-dealkylation sites (N-methyl/N-ethyl adjacent to an activating group) is 1. The van der Waals surface area contributed by atoms with Crippen LogP contribution in [0.25, 0.3) is 0 Å². The Labute approximate surface area is 88.1 Å². The van der Waals surface area contributed by atoms with Crippen LogP contribution in [-0.4, -0.2) is 36.6 Å². The molecule has 0 aromatic heterocycles. The average Bonchev–Trinajstić information content (AvgIpc) is 2.45. The van der Waals surface area contributed by atoms with Gasteiger partial charge in [-0.3, -0.25) is 0 Å². The van der Waals surface area contributed by atoms with Crippen molar-refractivity contribution >= 4 is 0 Å². The van der Waals surface area contributed by atoms with E-state index in [1.54, 1.807) is 0 Å². The van der Waals surface area contributed by atoms with Gasteiger partial charge in [0, 0.05) is 31.1 Å². The number of nitrogens with one attached hydrogen (secondary N) is 1. The minimum atomic E-state index is 0.503. The zero-order chi connectivity index (χ0) is 10.6. The van der Waals surface area contributed by atoms with E-state index < -0.39 is 0 Å². The van der Waals surface area contributed by atoms with Crippen molar-refractivity contribution in [3.63, 3.8) is 0 Å². The molecule has 2 nitrogen and oxygen atoms in total. The maximum atomic E-state index is 5.33. The molecule has 1 rings (SSSR count). The molecule has 0 bridgehead atoms. The summed E-state index contributed by atoms with van der Waals surface area (Å²) in [5.74, 6) is 2.74. The molecule has 14 heavy (non-hydrogen) atoms. The Morgan fingerprint density at radius 3 is 2.79 bits per heavy atom. The summed E-state index contributed by atoms with van der Waals surface area (Å²) in [4.78, 5) is 2.40. The smallest absolute Gasteiger partial charge is 0.0240 e. The van der Waals surface area contributed by atoms with Gasteiger partial charge in [-0.2, -0.15) is 0 Å². The summed E-state index contributed by atoms with van der Waals surface area (Å²) in [6, 6.07) is 1.84. The molecule has 0 radical (unpaired) electrons. The second-order valence-electron chi connectivity index (χ2n) is 4.40. The lowest BCUT2D eigenvalue weighted by Crippen LogP contribution is -2.39. The van der Waals surface area contributed by atoms with E-state index in [9.17, 15) is 0 Å². The first-order valence-electron chi connectivity index (χ1n) is 5.57. The Kier molecular flexibility index (Phi) is 4.44. The second-order valence-corrected chi connectivity index (χ2v) is 4.40. The van der Waals surface area contributed by atoms with Gasteiger partial charge in [0.25, 0.3) is 0 Å². The van der Waals surface area contributed by atoms with Gasteiger partial charge in [0.1, 0.15) is 0 Å². The van der Waals surface area contributed by atoms with E-state index in [1.165, 1.54) is 6.42 Å². The van der Waals surface area contributed by atoms with E-state index in [0.29, 0.717) is 18.1 Å². The molecule has 3 atom stereocenters. The number of rotatable bonds is 4. The molecule has 0 aromatic rings. The van der Waals surface area contributed by atoms with Crippen LogP contribution in [0.15, 0.2) is 0 Å². The van der Waals surface area contributed by atoms with Crippen molar-refractivity contribution in [2.45, 2.75) is 51.2 Å². The summed E-state index contributed by atoms with van der Waals surface area (Å²) in [6.07, 6.45) is 8.56. The number of terminal acetylenes is 1. The van der Waals surface area contributed by atoms with Crippen LogP contribution >= 0.6 is 0 Å². The maximum absolute atomic E-state index is 5.33. The third-order valence-corrected chi connectivity index (χ3v) is 3.21. The fourth-order valence-electron chi connectivity index (χ4n) is 2.11. The number of hydrogen-bond donors (Lipinski definition) is 1. The summed E-state index contributed by atoms with van der Waals surface area (Å²) in [6.45, 7) is 5.63. The first-order valence-corrected chi connectivity index (χ1v) is 5.57. The highest BCUT2D eigenvalue weighted by molar-refractivity contribution is 4.93. The Morgan fingerprint density at radius 2 is 2.36 bits per heavy atom. The SMILES string of the molecule is C#CCC(CC)NC1CC(C)N(C)C1. The Morgan fingerprint density at radius 1 is 1.64 bits per heavy atom. The first-order chi connectivity index (χ1) is 6.67. The normalized spacial score (nSPS) is 30.1. The minimum Gasteiger partial charge on any atom is -0.309 e. The lowest BCUT2D eigenvalue weighted by Gasteiger charge is -2.19. The van der Waals surface area contributed by atoms with E-state index >= 15 is 0 Å². The average molecular weight is 194 g/mol. The van der Waals surface area contributed by atoms with Gasteiger partial charge in [0.15, 0.2) is 0 Å². The van der Waals surface area contributed by atoms with Crippen molar-refractivity contribution in [1.29, 1.82) is 0 Å². The summed E-state index contributed by atoms with van der Waals surface area (Å²) < 4.78 is 0. The number of hydrogen-bond acceptors (Lipinski definition) is 2. The summed E-state index contributed by atoms with van der Waals surface area (Å²) in [7, 11) is 2.19. The molecule has 1 heterocycles. The van der Waals surface area contributed by atoms with Crippen molar-refractivity contribution < 1.29 is 0 Å². The zero-order valence-electron chi connectivity index (χ0n) is 9.59. The predicted molar refractivity (Wildman–Crippen MR) is 61.2 cm³/mol. The van der Waals surface area contributed by atoms with Crippen LogP contribution in [0.5, 0.6) is 0 Å². The largest absolute Gasteiger partial charge is 0.309 e. The summed E-state index contributed by atoms with van der Waals surface area (Å²) in [5.41, 5.74) is 0. The first kappa shape index (κ1) is 11.6. The van der Waals surface area contributed by atoms with Gasteiger partial charge in [0.2, 0.25) is 0 Å². The lowest BCUT2D eigenvalue weighted by molar-refractivity contribution is 0.324. The van der Waals surface area contributed by atoms with Gasteiger partial charge in [-0.15, -0.1) is 12.3 Å². The van der Waals surface area contributed by atoms with E-state index in [4.69, 9.17) is 6.42 Å². The van der Waals surface area contributed by atoms with E-state index in [-0.39, 0.29) is 0 Å². The minimum absolute atomic E-state index is 0.503. The maximum Gasteiger partial charge on any atom is 0.0240 e. The molecular formula is C12H22N2. The quantitative estimate of drug-likeness (QED) is 0.682. The fourth-order valence-corrected chi connectivity index (χ4v) is 2.11. The van der Waals surface area contributed by atoms with Crippen molar-refractivity contribution in [1.82, 2.24) is 10.2 Å². The van der Waals surface area contributed by atoms with Crippen LogP contribution in [0.2, 0.25) is 0 Å². The highest BCUT2D eigenvalue weighted by Crippen LogP contribution is 2.16. The van der Waals surface area contributed by atoms with Crippen molar-refractivity contribution in [2.24, 2.45) is 0 Å². The Hall–Kier alpha value is -0.520. The van der Waals surface area contributed by atoms with Crippen LogP contribution in [0.4, 0.5) is 0 Å². The third kappa shape index (κ3) is 3.01. The highest BCUT2D eigenvalue weighted by atomic mass is 15.2. The van der Waals surface area contributed by atoms with Gasteiger partial charge in [-0.1, -0.05) is 6.92 Å². The van der Waals surface area contributed by atoms with Crippen molar-refractivity contribution in [3.8, 4) is 12.3 Å². The van der Waals surface area contributed by atoms with Crippen LogP contribution in [0.3, 0.4) is 0 Å². The highest BCUT2D eigenvalue weighted by Gasteiger charge is 2.26. The molecular weight excluding hydrogens is 172 g/mol. The van der Waals surface area contributed by atoms with Gasteiger partial charge < -0.3 is 10.2 Å². The molecule has 0 aromatic carbocycles. The third-order valence-electron chi connectivity index (χ3n) is 3.21. The van der Waals surface area contributed by atoms with E-state index in [1.807, 2.05) is 0 Å². The lowest BCUT2D eigenvalue weighted by atomic mass is 10.1. The van der Waals surface area contributed by atoms with Gasteiger partial charge >= 0.3 is 0 Å². The zero-order valence-corrected chi connectivity index (χ0v) is 9.59. The van der Waals surface area contributed by atoms with Gasteiger partial charge in [-0.25, -0.2) is 0 Å². The molecule has 0 aliphatic carbocycles. The molecule has 3 unspecified atom stereocenters. The Balaban J connectivity index is 2.34.